The van der Waals surface area contributed by atoms with E-state index in [9.17, 15) is 35.5 Å². The molecule has 3 aliphatic rings. The Morgan fingerprint density at radius 3 is 2.22 bits per heavy atom. The number of fused-ring (bicyclic) bond motifs is 1. The Labute approximate surface area is 254 Å². The van der Waals surface area contributed by atoms with Crippen LogP contribution in [0.25, 0.3) is 0 Å². The van der Waals surface area contributed by atoms with Crippen molar-refractivity contribution in [1.29, 1.82) is 0 Å². The van der Waals surface area contributed by atoms with Crippen LogP contribution in [0.1, 0.15) is 49.7 Å². The second-order valence-corrected chi connectivity index (χ2v) is 11.5. The van der Waals surface area contributed by atoms with Crippen LogP contribution in [-0.2, 0) is 16.4 Å². The number of benzene rings is 2. The molecular formula is C30H34F7N3O5. The van der Waals surface area contributed by atoms with E-state index in [1.807, 2.05) is 6.07 Å². The molecule has 0 spiro atoms. The van der Waals surface area contributed by atoms with Crippen molar-refractivity contribution < 1.29 is 54.9 Å². The molecular weight excluding hydrogens is 615 g/mol. The Morgan fingerprint density at radius 1 is 0.978 bits per heavy atom. The summed E-state index contributed by atoms with van der Waals surface area (Å²) in [4.78, 5) is 24.2. The highest BCUT2D eigenvalue weighted by Crippen LogP contribution is 2.51. The van der Waals surface area contributed by atoms with E-state index in [0.717, 1.165) is 38.1 Å². The summed E-state index contributed by atoms with van der Waals surface area (Å²) in [5, 5.41) is 12.4. The van der Waals surface area contributed by atoms with Crippen LogP contribution in [0, 0.1) is 11.7 Å². The molecule has 3 atom stereocenters. The number of anilines is 1. The number of carboxylic acids is 1. The second kappa shape index (κ2) is 13.3. The Bertz CT molecular complexity index is 1380. The molecule has 0 bridgehead atoms. The number of nitrogens with one attached hydrogen (secondary N) is 2. The molecule has 0 radical (unpaired) electrons. The first-order valence-electron chi connectivity index (χ1n) is 14.3. The molecule has 2 aliphatic carbocycles. The number of urea groups is 1. The van der Waals surface area contributed by atoms with Crippen LogP contribution in [0.3, 0.4) is 0 Å². The van der Waals surface area contributed by atoms with E-state index in [0.29, 0.717) is 36.3 Å². The SMILES string of the molecule is COc1ccc(C23CCC(NC(=O)Nc4cc(F)cc(C(F)(F)F)c4)CC2N(CC2CC2)CC3)cc1OC.O=C(O)C(F)(F)F. The van der Waals surface area contributed by atoms with Gasteiger partial charge in [-0.05, 0) is 86.9 Å². The van der Waals surface area contributed by atoms with E-state index in [-0.39, 0.29) is 23.2 Å². The monoisotopic (exact) mass is 649 g/mol. The van der Waals surface area contributed by atoms with Crippen molar-refractivity contribution in [2.75, 3.05) is 32.6 Å². The molecule has 45 heavy (non-hydrogen) atoms. The molecule has 0 aromatic heterocycles. The van der Waals surface area contributed by atoms with Gasteiger partial charge in [0.2, 0.25) is 0 Å². The number of amides is 2. The number of alkyl halides is 6. The van der Waals surface area contributed by atoms with Gasteiger partial charge in [-0.15, -0.1) is 0 Å². The van der Waals surface area contributed by atoms with Crippen molar-refractivity contribution in [3.05, 3.63) is 53.3 Å². The molecule has 3 N–H and O–H groups in total. The summed E-state index contributed by atoms with van der Waals surface area (Å²) in [6.45, 7) is 2.00. The highest BCUT2D eigenvalue weighted by molar-refractivity contribution is 5.89. The highest BCUT2D eigenvalue weighted by Gasteiger charge is 2.52. The van der Waals surface area contributed by atoms with E-state index in [2.05, 4.69) is 27.7 Å². The number of carboxylic acid groups (broad SMARTS) is 1. The molecule has 8 nitrogen and oxygen atoms in total. The zero-order valence-corrected chi connectivity index (χ0v) is 24.5. The molecule has 1 aliphatic heterocycles. The van der Waals surface area contributed by atoms with Gasteiger partial charge in [-0.25, -0.2) is 14.0 Å². The first-order chi connectivity index (χ1) is 21.1. The zero-order chi connectivity index (χ0) is 33.2. The third-order valence-electron chi connectivity index (χ3n) is 8.58. The maximum absolute atomic E-state index is 13.8. The lowest BCUT2D eigenvalue weighted by Gasteiger charge is -2.45. The number of methoxy groups -OCH3 is 2. The van der Waals surface area contributed by atoms with E-state index in [4.69, 9.17) is 19.4 Å². The quantitative estimate of drug-likeness (QED) is 0.293. The molecule has 1 saturated heterocycles. The van der Waals surface area contributed by atoms with Gasteiger partial charge >= 0.3 is 24.4 Å². The van der Waals surface area contributed by atoms with Gasteiger partial charge in [-0.3, -0.25) is 4.90 Å². The van der Waals surface area contributed by atoms with Crippen molar-refractivity contribution in [3.63, 3.8) is 0 Å². The second-order valence-electron chi connectivity index (χ2n) is 11.5. The smallest absolute Gasteiger partial charge is 0.490 e. The lowest BCUT2D eigenvalue weighted by atomic mass is 9.65. The van der Waals surface area contributed by atoms with Gasteiger partial charge < -0.3 is 25.2 Å². The average Bonchev–Trinajstić information content (AvgIpc) is 3.71. The van der Waals surface area contributed by atoms with E-state index in [1.54, 1.807) is 14.2 Å². The van der Waals surface area contributed by atoms with Crippen LogP contribution in [0.5, 0.6) is 11.5 Å². The van der Waals surface area contributed by atoms with Crippen LogP contribution in [-0.4, -0.2) is 67.6 Å². The third-order valence-corrected chi connectivity index (χ3v) is 8.58. The van der Waals surface area contributed by atoms with E-state index < -0.39 is 35.7 Å². The number of halogens is 7. The molecule has 2 saturated carbocycles. The van der Waals surface area contributed by atoms with Crippen LogP contribution < -0.4 is 20.1 Å². The molecule has 2 aromatic rings. The molecule has 5 rings (SSSR count). The Morgan fingerprint density at radius 2 is 1.64 bits per heavy atom. The van der Waals surface area contributed by atoms with Gasteiger partial charge in [0.15, 0.2) is 11.5 Å². The molecule has 1 heterocycles. The van der Waals surface area contributed by atoms with Crippen molar-refractivity contribution in [1.82, 2.24) is 10.2 Å². The molecule has 15 heteroatoms. The number of likely N-dealkylation sites (tertiary alicyclic amines) is 1. The summed E-state index contributed by atoms with van der Waals surface area (Å²) < 4.78 is 95.7. The molecule has 2 aromatic carbocycles. The third kappa shape index (κ3) is 8.30. The number of hydrogen-bond donors (Lipinski definition) is 3. The molecule has 248 valence electrons. The van der Waals surface area contributed by atoms with Crippen molar-refractivity contribution in [3.8, 4) is 11.5 Å². The number of carbonyl (C=O) groups is 2. The Hall–Kier alpha value is -3.75. The van der Waals surface area contributed by atoms with Crippen LogP contribution >= 0.6 is 0 Å². The minimum atomic E-state index is -5.08. The van der Waals surface area contributed by atoms with Gasteiger partial charge in [0.25, 0.3) is 0 Å². The van der Waals surface area contributed by atoms with Crippen LogP contribution in [0.4, 0.5) is 41.2 Å². The van der Waals surface area contributed by atoms with E-state index in [1.165, 1.54) is 18.4 Å². The number of ether oxygens (including phenoxy) is 2. The lowest BCUT2D eigenvalue weighted by molar-refractivity contribution is -0.192. The number of hydrogen-bond acceptors (Lipinski definition) is 5. The highest BCUT2D eigenvalue weighted by atomic mass is 19.4. The van der Waals surface area contributed by atoms with E-state index >= 15 is 0 Å². The minimum Gasteiger partial charge on any atom is -0.493 e. The summed E-state index contributed by atoms with van der Waals surface area (Å²) in [5.74, 6) is -1.74. The summed E-state index contributed by atoms with van der Waals surface area (Å²) in [6, 6.07) is 7.54. The van der Waals surface area contributed by atoms with Crippen molar-refractivity contribution in [2.45, 2.75) is 68.4 Å². The molecule has 3 fully saturated rings. The first kappa shape index (κ1) is 34.1. The summed E-state index contributed by atoms with van der Waals surface area (Å²) >= 11 is 0. The minimum absolute atomic E-state index is 0.0900. The normalized spacial score (nSPS) is 23.3. The number of carbonyl (C=O) groups excluding carboxylic acids is 1. The Balaban J connectivity index is 0.000000591. The van der Waals surface area contributed by atoms with Gasteiger partial charge in [0.05, 0.1) is 19.8 Å². The predicted octanol–water partition coefficient (Wildman–Crippen LogP) is 6.59. The first-order valence-corrected chi connectivity index (χ1v) is 14.3. The molecule has 3 unspecified atom stereocenters. The number of nitrogens with zero attached hydrogens (tertiary/aromatic N) is 1. The predicted molar refractivity (Wildman–Crippen MR) is 149 cm³/mol. The van der Waals surface area contributed by atoms with Gasteiger partial charge in [-0.2, -0.15) is 26.3 Å². The van der Waals surface area contributed by atoms with Gasteiger partial charge in [0.1, 0.15) is 5.82 Å². The number of rotatable bonds is 7. The topological polar surface area (TPSA) is 100 Å². The zero-order valence-electron chi connectivity index (χ0n) is 24.5. The van der Waals surface area contributed by atoms with Crippen LogP contribution in [0.15, 0.2) is 36.4 Å². The van der Waals surface area contributed by atoms with Gasteiger partial charge in [0, 0.05) is 29.7 Å². The average molecular weight is 650 g/mol. The number of aliphatic carboxylic acids is 1. The molecule has 2 amide bonds. The van der Waals surface area contributed by atoms with Crippen molar-refractivity contribution in [2.24, 2.45) is 5.92 Å². The Kier molecular flexibility index (Phi) is 10.1. The van der Waals surface area contributed by atoms with Gasteiger partial charge in [-0.1, -0.05) is 6.07 Å². The standard InChI is InChI=1S/C28H33F4N3O3.C2HF3O2/c1-37-23-6-5-18(13-24(23)38-2)27-8-7-21(15-25(27)35(10-9-27)16-17-3-4-17)33-26(36)34-22-12-19(28(30,31)32)11-20(29)14-22;3-2(4,5)1(6)7/h5-6,11-14,17,21,25H,3-4,7-10,15-16H2,1-2H3,(H2,33,34,36);(H,6,7). The maximum Gasteiger partial charge on any atom is 0.490 e. The fourth-order valence-electron chi connectivity index (χ4n) is 6.29. The maximum atomic E-state index is 13.8. The summed E-state index contributed by atoms with van der Waals surface area (Å²) in [6.07, 6.45) is -4.04. The lowest BCUT2D eigenvalue weighted by Crippen LogP contribution is -2.53. The summed E-state index contributed by atoms with van der Waals surface area (Å²) in [5.41, 5.74) is -0.276. The summed E-state index contributed by atoms with van der Waals surface area (Å²) in [7, 11) is 3.24. The van der Waals surface area contributed by atoms with Crippen LogP contribution in [0.2, 0.25) is 0 Å². The fourth-order valence-corrected chi connectivity index (χ4v) is 6.29. The van der Waals surface area contributed by atoms with Crippen molar-refractivity contribution >= 4 is 17.7 Å². The largest absolute Gasteiger partial charge is 0.493 e. The fraction of sp³-hybridized carbons (Fsp3) is 0.533.